The summed E-state index contributed by atoms with van der Waals surface area (Å²) in [7, 11) is 0. The lowest BCUT2D eigenvalue weighted by molar-refractivity contribution is -0.133. The molecule has 0 saturated heterocycles. The fourth-order valence-electron chi connectivity index (χ4n) is 3.01. The molecule has 5 nitrogen and oxygen atoms in total. The van der Waals surface area contributed by atoms with Gasteiger partial charge in [-0.25, -0.2) is 0 Å². The van der Waals surface area contributed by atoms with Gasteiger partial charge in [0.2, 0.25) is 5.78 Å². The van der Waals surface area contributed by atoms with E-state index in [1.54, 1.807) is 43.6 Å². The van der Waals surface area contributed by atoms with Crippen LogP contribution in [0.15, 0.2) is 72.8 Å². The molecule has 0 fully saturated rings. The van der Waals surface area contributed by atoms with Crippen molar-refractivity contribution in [2.75, 3.05) is 0 Å². The van der Waals surface area contributed by atoms with Crippen LogP contribution in [-0.4, -0.2) is 16.7 Å². The maximum Gasteiger partial charge on any atom is 0.315 e. The highest BCUT2D eigenvalue weighted by atomic mass is 16.5. The molecule has 138 valence electrons. The third-order valence-corrected chi connectivity index (χ3v) is 4.43. The van der Waals surface area contributed by atoms with E-state index in [0.29, 0.717) is 22.6 Å². The maximum absolute atomic E-state index is 12.6. The van der Waals surface area contributed by atoms with Gasteiger partial charge in [0, 0.05) is 18.0 Å². The summed E-state index contributed by atoms with van der Waals surface area (Å²) < 4.78 is 11.3. The lowest BCUT2D eigenvalue weighted by Gasteiger charge is -2.10. The molecule has 1 aliphatic rings. The normalized spacial score (nSPS) is 13.9. The average molecular weight is 371 g/mol. The SMILES string of the molecule is Cc1c(OC(=O)Cc2ccccc2)ccc2c1O/C(=C\c1cccnc1)C2=O. The summed E-state index contributed by atoms with van der Waals surface area (Å²) in [4.78, 5) is 28.9. The van der Waals surface area contributed by atoms with Gasteiger partial charge in [0.25, 0.3) is 0 Å². The van der Waals surface area contributed by atoms with E-state index < -0.39 is 0 Å². The molecule has 5 heteroatoms. The van der Waals surface area contributed by atoms with Crippen LogP contribution in [-0.2, 0) is 11.2 Å². The number of ether oxygens (including phenoxy) is 2. The lowest BCUT2D eigenvalue weighted by Crippen LogP contribution is -2.12. The summed E-state index contributed by atoms with van der Waals surface area (Å²) in [5, 5.41) is 0. The van der Waals surface area contributed by atoms with Crippen molar-refractivity contribution in [3.8, 4) is 11.5 Å². The predicted octanol–water partition coefficient (Wildman–Crippen LogP) is 4.15. The quantitative estimate of drug-likeness (QED) is 0.391. The van der Waals surface area contributed by atoms with Gasteiger partial charge in [-0.2, -0.15) is 0 Å². The van der Waals surface area contributed by atoms with Crippen LogP contribution in [0.1, 0.15) is 27.0 Å². The molecule has 28 heavy (non-hydrogen) atoms. The number of hydrogen-bond acceptors (Lipinski definition) is 5. The minimum absolute atomic E-state index is 0.170. The first kappa shape index (κ1) is 17.7. The molecule has 3 aromatic rings. The van der Waals surface area contributed by atoms with Gasteiger partial charge in [-0.15, -0.1) is 0 Å². The summed E-state index contributed by atoms with van der Waals surface area (Å²) in [6.45, 7) is 1.77. The van der Waals surface area contributed by atoms with Crippen molar-refractivity contribution in [2.24, 2.45) is 0 Å². The number of hydrogen-bond donors (Lipinski definition) is 0. The van der Waals surface area contributed by atoms with E-state index in [4.69, 9.17) is 9.47 Å². The Labute approximate surface area is 162 Å². The fourth-order valence-corrected chi connectivity index (χ4v) is 3.01. The Kier molecular flexibility index (Phi) is 4.72. The molecule has 0 bridgehead atoms. The summed E-state index contributed by atoms with van der Waals surface area (Å²) in [5.74, 6) is 0.452. The van der Waals surface area contributed by atoms with Crippen molar-refractivity contribution < 1.29 is 19.1 Å². The van der Waals surface area contributed by atoms with Gasteiger partial charge in [-0.1, -0.05) is 36.4 Å². The van der Waals surface area contributed by atoms with E-state index >= 15 is 0 Å². The highest BCUT2D eigenvalue weighted by molar-refractivity contribution is 6.15. The molecular weight excluding hydrogens is 354 g/mol. The van der Waals surface area contributed by atoms with Gasteiger partial charge in [-0.3, -0.25) is 14.6 Å². The molecular formula is C23H17NO4. The van der Waals surface area contributed by atoms with Crippen LogP contribution in [0.3, 0.4) is 0 Å². The molecule has 2 heterocycles. The lowest BCUT2D eigenvalue weighted by atomic mass is 10.1. The second-order valence-corrected chi connectivity index (χ2v) is 6.43. The van der Waals surface area contributed by atoms with E-state index in [0.717, 1.165) is 11.1 Å². The van der Waals surface area contributed by atoms with Gasteiger partial charge >= 0.3 is 5.97 Å². The molecule has 0 saturated carbocycles. The number of Topliss-reactive ketones (excluding diaryl/α,β-unsaturated/α-hetero) is 1. The van der Waals surface area contributed by atoms with Crippen molar-refractivity contribution >= 4 is 17.8 Å². The van der Waals surface area contributed by atoms with Crippen LogP contribution in [0.25, 0.3) is 6.08 Å². The number of fused-ring (bicyclic) bond motifs is 1. The summed E-state index contributed by atoms with van der Waals surface area (Å²) in [6.07, 6.45) is 5.13. The number of carbonyl (C=O) groups excluding carboxylic acids is 2. The van der Waals surface area contributed by atoms with Gasteiger partial charge in [-0.05, 0) is 42.3 Å². The zero-order chi connectivity index (χ0) is 19.5. The molecule has 0 N–H and O–H groups in total. The average Bonchev–Trinajstić information content (AvgIpc) is 3.02. The number of pyridine rings is 1. The van der Waals surface area contributed by atoms with Crippen LogP contribution in [0, 0.1) is 6.92 Å². The highest BCUT2D eigenvalue weighted by Crippen LogP contribution is 2.39. The summed E-state index contributed by atoms with van der Waals surface area (Å²) in [5.41, 5.74) is 2.71. The Bertz CT molecular complexity index is 1070. The van der Waals surface area contributed by atoms with Gasteiger partial charge in [0.15, 0.2) is 5.76 Å². The monoisotopic (exact) mass is 371 g/mol. The Morgan fingerprint density at radius 2 is 1.93 bits per heavy atom. The van der Waals surface area contributed by atoms with Crippen molar-refractivity contribution in [1.29, 1.82) is 0 Å². The van der Waals surface area contributed by atoms with E-state index in [-0.39, 0.29) is 23.9 Å². The zero-order valence-electron chi connectivity index (χ0n) is 15.2. The van der Waals surface area contributed by atoms with Crippen LogP contribution in [0.4, 0.5) is 0 Å². The predicted molar refractivity (Wildman–Crippen MR) is 104 cm³/mol. The molecule has 0 aliphatic carbocycles. The van der Waals surface area contributed by atoms with E-state index in [1.807, 2.05) is 36.4 Å². The molecule has 1 aromatic heterocycles. The van der Waals surface area contributed by atoms with Crippen molar-refractivity contribution in [3.05, 3.63) is 95.0 Å². The highest BCUT2D eigenvalue weighted by Gasteiger charge is 2.30. The number of nitrogens with zero attached hydrogens (tertiary/aromatic N) is 1. The first-order chi connectivity index (χ1) is 13.6. The number of esters is 1. The first-order valence-electron chi connectivity index (χ1n) is 8.84. The Morgan fingerprint density at radius 3 is 2.68 bits per heavy atom. The topological polar surface area (TPSA) is 65.5 Å². The molecule has 0 atom stereocenters. The number of carbonyl (C=O) groups is 2. The molecule has 0 spiro atoms. The Morgan fingerprint density at radius 1 is 1.11 bits per heavy atom. The molecule has 1 aliphatic heterocycles. The van der Waals surface area contributed by atoms with Crippen LogP contribution in [0.2, 0.25) is 0 Å². The number of rotatable bonds is 4. The van der Waals surface area contributed by atoms with E-state index in [9.17, 15) is 9.59 Å². The standard InChI is InChI=1S/C23H17NO4/c1-15-19(27-21(25)13-16-6-3-2-4-7-16)10-9-18-22(26)20(28-23(15)18)12-17-8-5-11-24-14-17/h2-12,14H,13H2,1H3/b20-12-. The number of ketones is 1. The maximum atomic E-state index is 12.6. The fraction of sp³-hybridized carbons (Fsp3) is 0.0870. The second-order valence-electron chi connectivity index (χ2n) is 6.43. The third-order valence-electron chi connectivity index (χ3n) is 4.43. The van der Waals surface area contributed by atoms with E-state index in [2.05, 4.69) is 4.98 Å². The number of benzene rings is 2. The minimum Gasteiger partial charge on any atom is -0.452 e. The van der Waals surface area contributed by atoms with Crippen LogP contribution < -0.4 is 9.47 Å². The second kappa shape index (κ2) is 7.48. The van der Waals surface area contributed by atoms with Crippen molar-refractivity contribution in [1.82, 2.24) is 4.98 Å². The molecule has 0 amide bonds. The number of allylic oxidation sites excluding steroid dienone is 1. The molecule has 0 radical (unpaired) electrons. The first-order valence-corrected chi connectivity index (χ1v) is 8.84. The van der Waals surface area contributed by atoms with Crippen LogP contribution >= 0.6 is 0 Å². The van der Waals surface area contributed by atoms with E-state index in [1.165, 1.54) is 0 Å². The van der Waals surface area contributed by atoms with Gasteiger partial charge in [0.1, 0.15) is 11.5 Å². The van der Waals surface area contributed by atoms with Gasteiger partial charge in [0.05, 0.1) is 12.0 Å². The Balaban J connectivity index is 1.55. The summed E-state index contributed by atoms with van der Waals surface area (Å²) in [6, 6.07) is 16.3. The molecule has 0 unspecified atom stereocenters. The van der Waals surface area contributed by atoms with Crippen molar-refractivity contribution in [2.45, 2.75) is 13.3 Å². The smallest absolute Gasteiger partial charge is 0.315 e. The molecule has 4 rings (SSSR count). The third kappa shape index (κ3) is 3.55. The number of aromatic nitrogens is 1. The Hall–Kier alpha value is -3.73. The summed E-state index contributed by atoms with van der Waals surface area (Å²) >= 11 is 0. The largest absolute Gasteiger partial charge is 0.452 e. The molecule has 2 aromatic carbocycles. The minimum atomic E-state index is -0.371. The van der Waals surface area contributed by atoms with Gasteiger partial charge < -0.3 is 9.47 Å². The zero-order valence-corrected chi connectivity index (χ0v) is 15.2. The van der Waals surface area contributed by atoms with Crippen LogP contribution in [0.5, 0.6) is 11.5 Å². The van der Waals surface area contributed by atoms with Crippen molar-refractivity contribution in [3.63, 3.8) is 0 Å².